The molecule has 0 fully saturated rings. The molecule has 1 aromatic heterocycles. The van der Waals surface area contributed by atoms with Crippen LogP contribution in [0.4, 0.5) is 0 Å². The van der Waals surface area contributed by atoms with Crippen LogP contribution in [0.3, 0.4) is 0 Å². The molecule has 8 heteroatoms. The Kier molecular flexibility index (Phi) is 6.18. The van der Waals surface area contributed by atoms with Crippen molar-refractivity contribution in [2.45, 2.75) is 19.6 Å². The van der Waals surface area contributed by atoms with Gasteiger partial charge < -0.3 is 9.57 Å². The van der Waals surface area contributed by atoms with Crippen LogP contribution >= 0.6 is 23.2 Å². The Morgan fingerprint density at radius 1 is 1.41 bits per heavy atom. The van der Waals surface area contributed by atoms with Crippen molar-refractivity contribution >= 4 is 28.9 Å². The number of halogens is 2. The largest absolute Gasteiger partial charge is 0.399 e. The van der Waals surface area contributed by atoms with Crippen LogP contribution < -0.4 is 0 Å². The molecule has 0 amide bonds. The van der Waals surface area contributed by atoms with Gasteiger partial charge in [0.25, 0.3) is 0 Å². The summed E-state index contributed by atoms with van der Waals surface area (Å²) < 4.78 is 7.59. The second kappa shape index (κ2) is 8.12. The van der Waals surface area contributed by atoms with Gasteiger partial charge >= 0.3 is 0 Å². The van der Waals surface area contributed by atoms with E-state index in [1.54, 1.807) is 23.1 Å². The number of rotatable bonds is 7. The van der Waals surface area contributed by atoms with E-state index in [-0.39, 0.29) is 6.10 Å². The number of benzene rings is 1. The van der Waals surface area contributed by atoms with Gasteiger partial charge in [-0.2, -0.15) is 5.10 Å². The highest BCUT2D eigenvalue weighted by atomic mass is 35.5. The third-order valence-electron chi connectivity index (χ3n) is 2.87. The average Bonchev–Trinajstić information content (AvgIpc) is 2.97. The van der Waals surface area contributed by atoms with E-state index in [1.165, 1.54) is 13.4 Å². The van der Waals surface area contributed by atoms with E-state index < -0.39 is 0 Å². The van der Waals surface area contributed by atoms with Gasteiger partial charge in [-0.1, -0.05) is 34.4 Å². The summed E-state index contributed by atoms with van der Waals surface area (Å²) in [7, 11) is 1.49. The summed E-state index contributed by atoms with van der Waals surface area (Å²) >= 11 is 12.2. The van der Waals surface area contributed by atoms with E-state index in [0.717, 1.165) is 11.3 Å². The SMILES string of the molecule is CON=C(C)COC(Cn1cncn1)c1ccc(Cl)cc1Cl. The molecule has 2 rings (SSSR count). The second-order valence-corrected chi connectivity index (χ2v) is 5.44. The Hall–Kier alpha value is -1.63. The predicted molar refractivity (Wildman–Crippen MR) is 85.3 cm³/mol. The van der Waals surface area contributed by atoms with Crippen molar-refractivity contribution < 1.29 is 9.57 Å². The molecule has 1 unspecified atom stereocenters. The Bertz CT molecular complexity index is 632. The van der Waals surface area contributed by atoms with Crippen molar-refractivity contribution in [3.05, 3.63) is 46.5 Å². The number of aromatic nitrogens is 3. The van der Waals surface area contributed by atoms with Gasteiger partial charge in [0, 0.05) is 15.6 Å². The summed E-state index contributed by atoms with van der Waals surface area (Å²) in [6.07, 6.45) is 2.78. The monoisotopic (exact) mass is 342 g/mol. The second-order valence-electron chi connectivity index (χ2n) is 4.59. The number of nitrogens with zero attached hydrogens (tertiary/aromatic N) is 4. The molecule has 0 spiro atoms. The quantitative estimate of drug-likeness (QED) is 0.571. The number of hydrogen-bond acceptors (Lipinski definition) is 5. The molecule has 0 saturated heterocycles. The molecule has 2 aromatic rings. The molecule has 1 aromatic carbocycles. The summed E-state index contributed by atoms with van der Waals surface area (Å²) in [6, 6.07) is 5.30. The minimum atomic E-state index is -0.312. The van der Waals surface area contributed by atoms with Gasteiger partial charge in [-0.05, 0) is 19.1 Å². The van der Waals surface area contributed by atoms with Gasteiger partial charge in [-0.3, -0.25) is 4.68 Å². The molecular weight excluding hydrogens is 327 g/mol. The maximum Gasteiger partial charge on any atom is 0.137 e. The van der Waals surface area contributed by atoms with Gasteiger partial charge in [0.1, 0.15) is 25.9 Å². The average molecular weight is 343 g/mol. The van der Waals surface area contributed by atoms with E-state index >= 15 is 0 Å². The van der Waals surface area contributed by atoms with Crippen molar-refractivity contribution in [1.82, 2.24) is 14.8 Å². The van der Waals surface area contributed by atoms with Crippen molar-refractivity contribution in [3.8, 4) is 0 Å². The first kappa shape index (κ1) is 16.7. The molecule has 0 aliphatic heterocycles. The number of oxime groups is 1. The van der Waals surface area contributed by atoms with Crippen LogP contribution in [0.1, 0.15) is 18.6 Å². The molecule has 118 valence electrons. The maximum absolute atomic E-state index is 6.28. The third-order valence-corrected chi connectivity index (χ3v) is 3.43. The zero-order valence-electron chi connectivity index (χ0n) is 12.2. The van der Waals surface area contributed by atoms with Crippen molar-refractivity contribution in [1.29, 1.82) is 0 Å². The fourth-order valence-electron chi connectivity index (χ4n) is 1.90. The zero-order chi connectivity index (χ0) is 15.9. The van der Waals surface area contributed by atoms with Gasteiger partial charge in [0.15, 0.2) is 0 Å². The Morgan fingerprint density at radius 3 is 2.86 bits per heavy atom. The molecule has 0 aliphatic rings. The van der Waals surface area contributed by atoms with Crippen LogP contribution in [0.25, 0.3) is 0 Å². The van der Waals surface area contributed by atoms with E-state index in [0.29, 0.717) is 23.2 Å². The summed E-state index contributed by atoms with van der Waals surface area (Å²) in [6.45, 7) is 2.60. The van der Waals surface area contributed by atoms with Crippen molar-refractivity contribution in [2.24, 2.45) is 5.16 Å². The van der Waals surface area contributed by atoms with Gasteiger partial charge in [0.2, 0.25) is 0 Å². The first-order chi connectivity index (χ1) is 10.6. The first-order valence-electron chi connectivity index (χ1n) is 6.55. The highest BCUT2D eigenvalue weighted by Gasteiger charge is 2.17. The summed E-state index contributed by atoms with van der Waals surface area (Å²) in [5.74, 6) is 0. The summed E-state index contributed by atoms with van der Waals surface area (Å²) in [5.41, 5.74) is 1.54. The zero-order valence-corrected chi connectivity index (χ0v) is 13.8. The lowest BCUT2D eigenvalue weighted by atomic mass is 10.1. The van der Waals surface area contributed by atoms with Crippen LogP contribution in [0.2, 0.25) is 10.0 Å². The minimum absolute atomic E-state index is 0.312. The van der Waals surface area contributed by atoms with E-state index in [2.05, 4.69) is 15.2 Å². The third kappa shape index (κ3) is 4.69. The Morgan fingerprint density at radius 2 is 2.23 bits per heavy atom. The molecule has 6 nitrogen and oxygen atoms in total. The lowest BCUT2D eigenvalue weighted by molar-refractivity contribution is 0.0626. The molecular formula is C14H16Cl2N4O2. The van der Waals surface area contributed by atoms with E-state index in [1.807, 2.05) is 13.0 Å². The highest BCUT2D eigenvalue weighted by molar-refractivity contribution is 6.35. The normalized spacial score (nSPS) is 13.2. The molecule has 1 atom stereocenters. The molecule has 1 heterocycles. The van der Waals surface area contributed by atoms with Crippen LogP contribution in [-0.4, -0.2) is 34.2 Å². The smallest absolute Gasteiger partial charge is 0.137 e. The molecule has 22 heavy (non-hydrogen) atoms. The standard InChI is InChI=1S/C14H16Cl2N4O2/c1-10(19-21-2)7-22-14(6-20-9-17-8-18-20)12-4-3-11(15)5-13(12)16/h3-5,8-9,14H,6-7H2,1-2H3. The fourth-order valence-corrected chi connectivity index (χ4v) is 2.43. The van der Waals surface area contributed by atoms with Gasteiger partial charge in [0.05, 0.1) is 18.9 Å². The van der Waals surface area contributed by atoms with E-state index in [9.17, 15) is 0 Å². The van der Waals surface area contributed by atoms with Crippen LogP contribution in [0.15, 0.2) is 36.0 Å². The summed E-state index contributed by atoms with van der Waals surface area (Å²) in [5, 5.41) is 9.04. The van der Waals surface area contributed by atoms with Crippen LogP contribution in [-0.2, 0) is 16.1 Å². The molecule has 0 saturated carbocycles. The number of ether oxygens (including phenoxy) is 1. The van der Waals surface area contributed by atoms with Crippen molar-refractivity contribution in [3.63, 3.8) is 0 Å². The predicted octanol–water partition coefficient (Wildman–Crippen LogP) is 3.37. The molecule has 0 aliphatic carbocycles. The maximum atomic E-state index is 6.28. The Labute approximate surface area is 138 Å². The van der Waals surface area contributed by atoms with Crippen molar-refractivity contribution in [2.75, 3.05) is 13.7 Å². The fraction of sp³-hybridized carbons (Fsp3) is 0.357. The van der Waals surface area contributed by atoms with Gasteiger partial charge in [-0.15, -0.1) is 0 Å². The first-order valence-corrected chi connectivity index (χ1v) is 7.31. The summed E-state index contributed by atoms with van der Waals surface area (Å²) in [4.78, 5) is 8.65. The minimum Gasteiger partial charge on any atom is -0.399 e. The molecule has 0 radical (unpaired) electrons. The number of hydrogen-bond donors (Lipinski definition) is 0. The topological polar surface area (TPSA) is 61.5 Å². The van der Waals surface area contributed by atoms with E-state index in [4.69, 9.17) is 32.8 Å². The Balaban J connectivity index is 2.18. The van der Waals surface area contributed by atoms with Crippen LogP contribution in [0, 0.1) is 0 Å². The molecule has 0 N–H and O–H groups in total. The lowest BCUT2D eigenvalue weighted by Gasteiger charge is -2.19. The van der Waals surface area contributed by atoms with Crippen LogP contribution in [0.5, 0.6) is 0 Å². The van der Waals surface area contributed by atoms with Gasteiger partial charge in [-0.25, -0.2) is 4.98 Å². The lowest BCUT2D eigenvalue weighted by Crippen LogP contribution is -2.17. The highest BCUT2D eigenvalue weighted by Crippen LogP contribution is 2.29. The molecule has 0 bridgehead atoms.